The fourth-order valence-electron chi connectivity index (χ4n) is 1.65. The Morgan fingerprint density at radius 2 is 2.11 bits per heavy atom. The molecular weight excluding hydrogens is 259 g/mol. The molecule has 100 valence electrons. The molecule has 2 rings (SSSR count). The van der Waals surface area contributed by atoms with E-state index in [1.807, 2.05) is 12.0 Å². The molecule has 2 aromatic heterocycles. The molecule has 1 N–H and O–H groups in total. The molecule has 0 saturated carbocycles. The summed E-state index contributed by atoms with van der Waals surface area (Å²) in [6.45, 7) is 1.93. The number of aldehydes is 1. The van der Waals surface area contributed by atoms with E-state index in [1.165, 1.54) is 0 Å². The minimum absolute atomic E-state index is 0.0926. The molecule has 0 spiro atoms. The summed E-state index contributed by atoms with van der Waals surface area (Å²) in [6.07, 6.45) is -2.20. The summed E-state index contributed by atoms with van der Waals surface area (Å²) in [7, 11) is 0. The third-order valence-corrected chi connectivity index (χ3v) is 2.68. The van der Waals surface area contributed by atoms with Crippen LogP contribution in [0.3, 0.4) is 0 Å². The van der Waals surface area contributed by atoms with Crippen LogP contribution in [0.1, 0.15) is 28.5 Å². The van der Waals surface area contributed by atoms with Crippen LogP contribution in [0.5, 0.6) is 0 Å². The van der Waals surface area contributed by atoms with Crippen molar-refractivity contribution in [2.75, 3.05) is 0 Å². The van der Waals surface area contributed by atoms with Gasteiger partial charge in [0.05, 0.1) is 11.3 Å². The Hall–Kier alpha value is -2.18. The number of aryl methyl sites for hydroxylation is 1. The zero-order valence-electron chi connectivity index (χ0n) is 9.95. The van der Waals surface area contributed by atoms with E-state index >= 15 is 0 Å². The van der Waals surface area contributed by atoms with Crippen molar-refractivity contribution in [2.24, 2.45) is 0 Å². The van der Waals surface area contributed by atoms with Crippen molar-refractivity contribution in [3.63, 3.8) is 0 Å². The summed E-state index contributed by atoms with van der Waals surface area (Å²) in [6, 6.07) is 3.28. The summed E-state index contributed by atoms with van der Waals surface area (Å²) in [5.74, 6) is 0. The SMILES string of the molecule is CCc1ccc(-c2n[nH]c(C(F)(F)F)c2C=O)nc1. The molecule has 0 aliphatic carbocycles. The number of nitrogens with one attached hydrogen (secondary N) is 1. The fourth-order valence-corrected chi connectivity index (χ4v) is 1.65. The van der Waals surface area contributed by atoms with E-state index < -0.39 is 17.4 Å². The van der Waals surface area contributed by atoms with Crippen LogP contribution in [0.4, 0.5) is 13.2 Å². The second-order valence-electron chi connectivity index (χ2n) is 3.88. The first-order valence-corrected chi connectivity index (χ1v) is 5.53. The fraction of sp³-hybridized carbons (Fsp3) is 0.250. The van der Waals surface area contributed by atoms with Gasteiger partial charge in [-0.05, 0) is 18.1 Å². The maximum atomic E-state index is 12.6. The molecule has 0 saturated heterocycles. The molecule has 2 heterocycles. The van der Waals surface area contributed by atoms with Gasteiger partial charge in [-0.15, -0.1) is 0 Å². The second-order valence-corrected chi connectivity index (χ2v) is 3.88. The van der Waals surface area contributed by atoms with E-state index in [4.69, 9.17) is 0 Å². The number of carbonyl (C=O) groups is 1. The molecule has 0 aliphatic heterocycles. The van der Waals surface area contributed by atoms with E-state index in [1.54, 1.807) is 18.3 Å². The molecule has 0 atom stereocenters. The molecule has 0 fully saturated rings. The van der Waals surface area contributed by atoms with Gasteiger partial charge in [-0.25, -0.2) is 0 Å². The summed E-state index contributed by atoms with van der Waals surface area (Å²) in [5.41, 5.74) is -0.595. The minimum atomic E-state index is -4.65. The number of alkyl halides is 3. The zero-order chi connectivity index (χ0) is 14.0. The van der Waals surface area contributed by atoms with Gasteiger partial charge < -0.3 is 0 Å². The smallest absolute Gasteiger partial charge is 0.298 e. The Bertz CT molecular complexity index is 587. The molecule has 0 aromatic carbocycles. The Morgan fingerprint density at radius 3 is 2.58 bits per heavy atom. The number of halogens is 3. The lowest BCUT2D eigenvalue weighted by Gasteiger charge is -2.03. The van der Waals surface area contributed by atoms with Gasteiger partial charge >= 0.3 is 6.18 Å². The number of H-pyrrole nitrogens is 1. The number of pyridine rings is 1. The van der Waals surface area contributed by atoms with Crippen molar-refractivity contribution in [3.05, 3.63) is 35.2 Å². The van der Waals surface area contributed by atoms with Crippen LogP contribution in [-0.4, -0.2) is 21.5 Å². The standard InChI is InChI=1S/C12H10F3N3O/c1-2-7-3-4-9(16-5-7)10-8(6-19)11(18-17-10)12(13,14)15/h3-6H,2H2,1H3,(H,17,18). The minimum Gasteiger partial charge on any atom is -0.298 e. The van der Waals surface area contributed by atoms with Crippen molar-refractivity contribution >= 4 is 6.29 Å². The average molecular weight is 269 g/mol. The van der Waals surface area contributed by atoms with E-state index in [0.717, 1.165) is 12.0 Å². The Kier molecular flexibility index (Phi) is 3.37. The molecule has 0 unspecified atom stereocenters. The topological polar surface area (TPSA) is 58.6 Å². The highest BCUT2D eigenvalue weighted by Crippen LogP contribution is 2.33. The second kappa shape index (κ2) is 4.83. The Morgan fingerprint density at radius 1 is 1.37 bits per heavy atom. The van der Waals surface area contributed by atoms with Gasteiger partial charge in [0.1, 0.15) is 5.69 Å². The molecule has 0 bridgehead atoms. The predicted molar refractivity (Wildman–Crippen MR) is 61.6 cm³/mol. The molecule has 2 aromatic rings. The van der Waals surface area contributed by atoms with Gasteiger partial charge in [0.25, 0.3) is 0 Å². The van der Waals surface area contributed by atoms with Gasteiger partial charge in [-0.1, -0.05) is 13.0 Å². The Balaban J connectivity index is 2.50. The number of hydrogen-bond acceptors (Lipinski definition) is 3. The number of hydrogen-bond donors (Lipinski definition) is 1. The van der Waals surface area contributed by atoms with Crippen LogP contribution in [-0.2, 0) is 12.6 Å². The normalized spacial score (nSPS) is 11.6. The van der Waals surface area contributed by atoms with Gasteiger partial charge in [0.2, 0.25) is 0 Å². The highest BCUT2D eigenvalue weighted by atomic mass is 19.4. The van der Waals surface area contributed by atoms with E-state index in [-0.39, 0.29) is 17.7 Å². The first-order chi connectivity index (χ1) is 8.97. The molecule has 7 heteroatoms. The van der Waals surface area contributed by atoms with E-state index in [0.29, 0.717) is 0 Å². The quantitative estimate of drug-likeness (QED) is 0.871. The number of carbonyl (C=O) groups excluding carboxylic acids is 1. The van der Waals surface area contributed by atoms with E-state index in [9.17, 15) is 18.0 Å². The first-order valence-electron chi connectivity index (χ1n) is 5.53. The molecule has 0 aliphatic rings. The largest absolute Gasteiger partial charge is 0.433 e. The maximum Gasteiger partial charge on any atom is 0.433 e. The Labute approximate surface area is 106 Å². The molecule has 0 amide bonds. The highest BCUT2D eigenvalue weighted by Gasteiger charge is 2.37. The van der Waals surface area contributed by atoms with Crippen molar-refractivity contribution in [2.45, 2.75) is 19.5 Å². The number of rotatable bonds is 3. The van der Waals surface area contributed by atoms with Gasteiger partial charge in [-0.3, -0.25) is 14.9 Å². The monoisotopic (exact) mass is 269 g/mol. The van der Waals surface area contributed by atoms with Crippen LogP contribution in [0, 0.1) is 0 Å². The number of aromatic amines is 1. The van der Waals surface area contributed by atoms with Crippen molar-refractivity contribution < 1.29 is 18.0 Å². The average Bonchev–Trinajstić information content (AvgIpc) is 2.82. The van der Waals surface area contributed by atoms with Crippen LogP contribution in [0.25, 0.3) is 11.4 Å². The molecule has 0 radical (unpaired) electrons. The van der Waals surface area contributed by atoms with Crippen molar-refractivity contribution in [1.29, 1.82) is 0 Å². The lowest BCUT2D eigenvalue weighted by Crippen LogP contribution is -2.08. The number of aromatic nitrogens is 3. The van der Waals surface area contributed by atoms with E-state index in [2.05, 4.69) is 10.1 Å². The molecule has 19 heavy (non-hydrogen) atoms. The summed E-state index contributed by atoms with van der Waals surface area (Å²) in [4.78, 5) is 14.9. The van der Waals surface area contributed by atoms with Crippen LogP contribution >= 0.6 is 0 Å². The third kappa shape index (κ3) is 2.49. The molecule has 4 nitrogen and oxygen atoms in total. The van der Waals surface area contributed by atoms with Crippen molar-refractivity contribution in [1.82, 2.24) is 15.2 Å². The van der Waals surface area contributed by atoms with Gasteiger partial charge in [-0.2, -0.15) is 18.3 Å². The van der Waals surface area contributed by atoms with Gasteiger partial charge in [0.15, 0.2) is 12.0 Å². The zero-order valence-corrected chi connectivity index (χ0v) is 9.95. The summed E-state index contributed by atoms with van der Waals surface area (Å²) < 4.78 is 37.9. The van der Waals surface area contributed by atoms with Crippen LogP contribution < -0.4 is 0 Å². The third-order valence-electron chi connectivity index (χ3n) is 2.68. The predicted octanol–water partition coefficient (Wildman–Crippen LogP) is 2.87. The summed E-state index contributed by atoms with van der Waals surface area (Å²) in [5, 5.41) is 5.39. The number of nitrogens with zero attached hydrogens (tertiary/aromatic N) is 2. The van der Waals surface area contributed by atoms with Crippen LogP contribution in [0.15, 0.2) is 18.3 Å². The van der Waals surface area contributed by atoms with Crippen molar-refractivity contribution in [3.8, 4) is 11.4 Å². The van der Waals surface area contributed by atoms with Crippen LogP contribution in [0.2, 0.25) is 0 Å². The lowest BCUT2D eigenvalue weighted by molar-refractivity contribution is -0.141. The molecular formula is C12H10F3N3O. The highest BCUT2D eigenvalue weighted by molar-refractivity contribution is 5.86. The maximum absolute atomic E-state index is 12.6. The first kappa shape index (κ1) is 13.3. The lowest BCUT2D eigenvalue weighted by atomic mass is 10.1. The summed E-state index contributed by atoms with van der Waals surface area (Å²) >= 11 is 0. The van der Waals surface area contributed by atoms with Gasteiger partial charge in [0, 0.05) is 6.20 Å².